The lowest BCUT2D eigenvalue weighted by Crippen LogP contribution is -2.58. The van der Waals surface area contributed by atoms with Gasteiger partial charge in [-0.3, -0.25) is 9.69 Å². The summed E-state index contributed by atoms with van der Waals surface area (Å²) < 4.78 is 18.7. The molecule has 150 valence electrons. The van der Waals surface area contributed by atoms with Crippen LogP contribution in [-0.4, -0.2) is 47.5 Å². The molecule has 1 heterocycles. The van der Waals surface area contributed by atoms with Gasteiger partial charge < -0.3 is 21.1 Å². The second-order valence-corrected chi connectivity index (χ2v) is 7.39. The van der Waals surface area contributed by atoms with E-state index >= 15 is 0 Å². The third-order valence-electron chi connectivity index (χ3n) is 5.12. The van der Waals surface area contributed by atoms with E-state index in [0.717, 1.165) is 18.7 Å². The van der Waals surface area contributed by atoms with Gasteiger partial charge in [0.05, 0.1) is 5.69 Å². The van der Waals surface area contributed by atoms with Gasteiger partial charge in [0, 0.05) is 37.4 Å². The van der Waals surface area contributed by atoms with Crippen LogP contribution in [0.2, 0.25) is 0 Å². The lowest BCUT2D eigenvalue weighted by atomic mass is 10.1. The molecule has 2 atom stereocenters. The second kappa shape index (κ2) is 8.48. The summed E-state index contributed by atoms with van der Waals surface area (Å²) in [6.45, 7) is 6.14. The molecule has 0 radical (unpaired) electrons. The number of piperazine rings is 1. The highest BCUT2D eigenvalue weighted by Crippen LogP contribution is 2.24. The van der Waals surface area contributed by atoms with Crippen molar-refractivity contribution in [2.75, 3.05) is 31.2 Å². The van der Waals surface area contributed by atoms with Crippen molar-refractivity contribution in [2.24, 2.45) is 0 Å². The van der Waals surface area contributed by atoms with Crippen molar-refractivity contribution in [1.82, 2.24) is 9.80 Å². The largest absolute Gasteiger partial charge is 0.482 e. The Hall–Kier alpha value is -2.80. The second-order valence-electron chi connectivity index (χ2n) is 7.39. The average Bonchev–Trinajstić information content (AvgIpc) is 2.65. The Kier molecular flexibility index (Phi) is 6.04. The van der Waals surface area contributed by atoms with Gasteiger partial charge >= 0.3 is 0 Å². The number of anilines is 2. The summed E-state index contributed by atoms with van der Waals surface area (Å²) in [7, 11) is 0. The molecular weight excluding hydrogens is 359 g/mol. The summed E-state index contributed by atoms with van der Waals surface area (Å²) in [5, 5.41) is 0. The number of nitrogens with zero attached hydrogens (tertiary/aromatic N) is 2. The summed E-state index contributed by atoms with van der Waals surface area (Å²) in [6, 6.07) is 11.8. The normalized spacial score (nSPS) is 20.2. The van der Waals surface area contributed by atoms with Gasteiger partial charge in [0.25, 0.3) is 5.91 Å². The third kappa shape index (κ3) is 4.72. The van der Waals surface area contributed by atoms with Gasteiger partial charge in [-0.25, -0.2) is 4.39 Å². The Morgan fingerprint density at radius 1 is 1.11 bits per heavy atom. The van der Waals surface area contributed by atoms with E-state index in [1.807, 2.05) is 11.8 Å². The number of benzene rings is 2. The quantitative estimate of drug-likeness (QED) is 0.772. The number of nitrogen functional groups attached to an aromatic ring is 2. The molecule has 0 saturated carbocycles. The molecule has 0 bridgehead atoms. The van der Waals surface area contributed by atoms with Crippen molar-refractivity contribution in [2.45, 2.75) is 32.5 Å². The first kappa shape index (κ1) is 19.9. The van der Waals surface area contributed by atoms with E-state index in [4.69, 9.17) is 16.2 Å². The molecule has 4 N–H and O–H groups in total. The predicted octanol–water partition coefficient (Wildman–Crippen LogP) is 2.49. The molecule has 1 aliphatic rings. The smallest absolute Gasteiger partial charge is 0.260 e. The molecule has 0 aliphatic carbocycles. The molecule has 1 fully saturated rings. The molecule has 1 saturated heterocycles. The Balaban J connectivity index is 1.57. The van der Waals surface area contributed by atoms with Crippen molar-refractivity contribution in [3.63, 3.8) is 0 Å². The van der Waals surface area contributed by atoms with E-state index in [9.17, 15) is 9.18 Å². The van der Waals surface area contributed by atoms with E-state index in [-0.39, 0.29) is 30.4 Å². The number of amides is 1. The van der Waals surface area contributed by atoms with Crippen LogP contribution in [0.4, 0.5) is 15.8 Å². The van der Waals surface area contributed by atoms with Crippen LogP contribution in [0, 0.1) is 5.82 Å². The maximum atomic E-state index is 13.1. The van der Waals surface area contributed by atoms with Gasteiger partial charge in [0.1, 0.15) is 11.6 Å². The predicted molar refractivity (Wildman–Crippen MR) is 108 cm³/mol. The highest BCUT2D eigenvalue weighted by atomic mass is 19.1. The number of hydrogen-bond donors (Lipinski definition) is 2. The van der Waals surface area contributed by atoms with Gasteiger partial charge in [0.2, 0.25) is 0 Å². The molecule has 0 unspecified atom stereocenters. The molecule has 0 spiro atoms. The minimum atomic E-state index is -0.234. The number of carbonyl (C=O) groups is 1. The van der Waals surface area contributed by atoms with Crippen molar-refractivity contribution in [1.29, 1.82) is 0 Å². The van der Waals surface area contributed by atoms with Crippen molar-refractivity contribution in [3.8, 4) is 5.75 Å². The first-order valence-electron chi connectivity index (χ1n) is 9.39. The zero-order valence-corrected chi connectivity index (χ0v) is 16.3. The number of ether oxygens (including phenoxy) is 1. The number of nitrogens with two attached hydrogens (primary N) is 2. The molecule has 2 aromatic rings. The maximum absolute atomic E-state index is 13.1. The molecule has 3 rings (SSSR count). The standard InChI is InChI=1S/C21H27FN4O2/c1-14-11-26(21(27)13-28-20-8-7-18(23)9-19(20)24)15(2)10-25(14)12-16-3-5-17(22)6-4-16/h3-9,14-15H,10-13,23-24H2,1-2H3/t14-,15+/m1/s1. The zero-order chi connectivity index (χ0) is 20.3. The molecule has 1 aliphatic heterocycles. The molecule has 6 nitrogen and oxygen atoms in total. The molecule has 28 heavy (non-hydrogen) atoms. The number of hydrogen-bond acceptors (Lipinski definition) is 5. The van der Waals surface area contributed by atoms with Crippen LogP contribution in [0.25, 0.3) is 0 Å². The average molecular weight is 386 g/mol. The minimum Gasteiger partial charge on any atom is -0.482 e. The van der Waals surface area contributed by atoms with Crippen LogP contribution in [0.5, 0.6) is 5.75 Å². The summed E-state index contributed by atoms with van der Waals surface area (Å²) in [5.74, 6) is 0.150. The topological polar surface area (TPSA) is 84.8 Å². The highest BCUT2D eigenvalue weighted by molar-refractivity contribution is 5.78. The summed E-state index contributed by atoms with van der Waals surface area (Å²) >= 11 is 0. The van der Waals surface area contributed by atoms with E-state index in [0.29, 0.717) is 23.7 Å². The van der Waals surface area contributed by atoms with Crippen molar-refractivity contribution < 1.29 is 13.9 Å². The molecule has 7 heteroatoms. The van der Waals surface area contributed by atoms with E-state index in [1.165, 1.54) is 12.1 Å². The molecular formula is C21H27FN4O2. The fourth-order valence-electron chi connectivity index (χ4n) is 3.51. The first-order chi connectivity index (χ1) is 13.3. The molecule has 1 amide bonds. The first-order valence-corrected chi connectivity index (χ1v) is 9.39. The van der Waals surface area contributed by atoms with Gasteiger partial charge in [-0.05, 0) is 49.7 Å². The van der Waals surface area contributed by atoms with Crippen molar-refractivity contribution >= 4 is 17.3 Å². The van der Waals surface area contributed by atoms with E-state index in [2.05, 4.69) is 11.8 Å². The lowest BCUT2D eigenvalue weighted by molar-refractivity contribution is -0.139. The fraction of sp³-hybridized carbons (Fsp3) is 0.381. The van der Waals surface area contributed by atoms with Crippen LogP contribution >= 0.6 is 0 Å². The Labute approximate surface area is 164 Å². The number of halogens is 1. The van der Waals surface area contributed by atoms with Crippen LogP contribution < -0.4 is 16.2 Å². The zero-order valence-electron chi connectivity index (χ0n) is 16.3. The maximum Gasteiger partial charge on any atom is 0.260 e. The molecule has 0 aromatic heterocycles. The van der Waals surface area contributed by atoms with Gasteiger partial charge in [-0.15, -0.1) is 0 Å². The van der Waals surface area contributed by atoms with E-state index < -0.39 is 0 Å². The number of carbonyl (C=O) groups excluding carboxylic acids is 1. The Bertz CT molecular complexity index is 828. The number of rotatable bonds is 5. The van der Waals surface area contributed by atoms with E-state index in [1.54, 1.807) is 30.3 Å². The van der Waals surface area contributed by atoms with Crippen LogP contribution in [0.15, 0.2) is 42.5 Å². The monoisotopic (exact) mass is 386 g/mol. The Morgan fingerprint density at radius 3 is 2.50 bits per heavy atom. The Morgan fingerprint density at radius 2 is 1.82 bits per heavy atom. The van der Waals surface area contributed by atoms with Gasteiger partial charge in [0.15, 0.2) is 6.61 Å². The van der Waals surface area contributed by atoms with Crippen LogP contribution in [-0.2, 0) is 11.3 Å². The fourth-order valence-corrected chi connectivity index (χ4v) is 3.51. The molecule has 2 aromatic carbocycles. The SMILES string of the molecule is C[C@@H]1CN(C(=O)COc2ccc(N)cc2N)[C@@H](C)CN1Cc1ccc(F)cc1. The van der Waals surface area contributed by atoms with Crippen LogP contribution in [0.1, 0.15) is 19.4 Å². The summed E-state index contributed by atoms with van der Waals surface area (Å²) in [5.41, 5.74) is 13.6. The summed E-state index contributed by atoms with van der Waals surface area (Å²) in [6.07, 6.45) is 0. The van der Waals surface area contributed by atoms with Gasteiger partial charge in [-0.1, -0.05) is 12.1 Å². The van der Waals surface area contributed by atoms with Crippen molar-refractivity contribution in [3.05, 3.63) is 53.8 Å². The lowest BCUT2D eigenvalue weighted by Gasteiger charge is -2.44. The highest BCUT2D eigenvalue weighted by Gasteiger charge is 2.32. The summed E-state index contributed by atoms with van der Waals surface area (Å²) in [4.78, 5) is 16.8. The van der Waals surface area contributed by atoms with Gasteiger partial charge in [-0.2, -0.15) is 0 Å². The minimum absolute atomic E-state index is 0.0523. The third-order valence-corrected chi connectivity index (χ3v) is 5.12. The van der Waals surface area contributed by atoms with Crippen LogP contribution in [0.3, 0.4) is 0 Å².